The first-order valence-electron chi connectivity index (χ1n) is 6.66. The van der Waals surface area contributed by atoms with Crippen LogP contribution in [0.2, 0.25) is 0 Å². The van der Waals surface area contributed by atoms with Gasteiger partial charge < -0.3 is 9.84 Å². The second-order valence-corrected chi connectivity index (χ2v) is 5.83. The van der Waals surface area contributed by atoms with E-state index in [1.54, 1.807) is 24.9 Å². The van der Waals surface area contributed by atoms with Crippen LogP contribution < -0.4 is 0 Å². The molecule has 20 heavy (non-hydrogen) atoms. The highest BCUT2D eigenvalue weighted by Crippen LogP contribution is 2.42. The molecule has 0 radical (unpaired) electrons. The molecule has 1 aliphatic carbocycles. The summed E-state index contributed by atoms with van der Waals surface area (Å²) >= 11 is 1.64. The molecule has 0 spiro atoms. The monoisotopic (exact) mass is 291 g/mol. The molecule has 0 saturated heterocycles. The van der Waals surface area contributed by atoms with E-state index in [4.69, 9.17) is 4.74 Å². The summed E-state index contributed by atoms with van der Waals surface area (Å²) in [7, 11) is 1.69. The van der Waals surface area contributed by atoms with Crippen molar-refractivity contribution in [3.63, 3.8) is 0 Å². The number of hydrogen-bond donors (Lipinski definition) is 1. The normalized spacial score (nSPS) is 14.7. The van der Waals surface area contributed by atoms with Gasteiger partial charge in [0, 0.05) is 18.9 Å². The maximum atomic E-state index is 10.0. The van der Waals surface area contributed by atoms with Crippen LogP contribution in [0.1, 0.15) is 18.9 Å². The molecule has 3 rings (SSSR count). The molecule has 6 heteroatoms. The Balaban J connectivity index is 1.93. The first kappa shape index (κ1) is 13.5. The summed E-state index contributed by atoms with van der Waals surface area (Å²) in [6.45, 7) is 0.689. The lowest BCUT2D eigenvalue weighted by atomic mass is 10.2. The summed E-state index contributed by atoms with van der Waals surface area (Å²) in [5.74, 6) is 1.85. The van der Waals surface area contributed by atoms with Crippen molar-refractivity contribution in [3.8, 4) is 17.1 Å². The molecule has 1 N–H and O–H groups in total. The molecule has 5 nitrogen and oxygen atoms in total. The number of methoxy groups -OCH3 is 1. The standard InChI is InChI=1S/C14H17N3O2S/c1-19-8-9-20-14-16-15-13(17(14)10-6-7-10)11-4-2-3-5-12(11)18/h2-5,10,18H,6-9H2,1H3. The number of thioether (sulfide) groups is 1. The van der Waals surface area contributed by atoms with Crippen molar-refractivity contribution in [1.82, 2.24) is 14.8 Å². The van der Waals surface area contributed by atoms with E-state index < -0.39 is 0 Å². The molecule has 1 aromatic heterocycles. The molecule has 0 aliphatic heterocycles. The number of phenolic OH excluding ortho intramolecular Hbond substituents is 1. The molecular weight excluding hydrogens is 274 g/mol. The lowest BCUT2D eigenvalue weighted by Gasteiger charge is -2.09. The van der Waals surface area contributed by atoms with Crippen molar-refractivity contribution in [2.24, 2.45) is 0 Å². The Labute approximate surface area is 122 Å². The largest absolute Gasteiger partial charge is 0.507 e. The molecule has 0 amide bonds. The van der Waals surface area contributed by atoms with Crippen molar-refractivity contribution in [2.75, 3.05) is 19.5 Å². The molecule has 106 valence electrons. The van der Waals surface area contributed by atoms with Gasteiger partial charge in [-0.05, 0) is 25.0 Å². The predicted molar refractivity (Wildman–Crippen MR) is 78.0 cm³/mol. The van der Waals surface area contributed by atoms with Crippen LogP contribution in [0.4, 0.5) is 0 Å². The molecule has 1 aromatic carbocycles. The molecule has 1 fully saturated rings. The Morgan fingerprint density at radius 1 is 1.35 bits per heavy atom. The van der Waals surface area contributed by atoms with Crippen molar-refractivity contribution in [2.45, 2.75) is 24.0 Å². The van der Waals surface area contributed by atoms with E-state index in [9.17, 15) is 5.11 Å². The van der Waals surface area contributed by atoms with E-state index in [0.29, 0.717) is 12.6 Å². The lowest BCUT2D eigenvalue weighted by molar-refractivity contribution is 0.218. The van der Waals surface area contributed by atoms with Crippen molar-refractivity contribution in [1.29, 1.82) is 0 Å². The second kappa shape index (κ2) is 5.85. The number of rotatable bonds is 6. The minimum Gasteiger partial charge on any atom is -0.507 e. The molecule has 0 unspecified atom stereocenters. The van der Waals surface area contributed by atoms with Crippen LogP contribution in [0, 0.1) is 0 Å². The number of aromatic hydroxyl groups is 1. The maximum absolute atomic E-state index is 10.0. The summed E-state index contributed by atoms with van der Waals surface area (Å²) in [6.07, 6.45) is 2.30. The Hall–Kier alpha value is -1.53. The Bertz CT molecular complexity index is 596. The number of benzene rings is 1. The fourth-order valence-corrected chi connectivity index (χ4v) is 3.01. The molecule has 1 saturated carbocycles. The van der Waals surface area contributed by atoms with Crippen LogP contribution in [0.5, 0.6) is 5.75 Å². The highest BCUT2D eigenvalue weighted by atomic mass is 32.2. The van der Waals surface area contributed by atoms with Gasteiger partial charge in [-0.15, -0.1) is 10.2 Å². The van der Waals surface area contributed by atoms with Crippen LogP contribution >= 0.6 is 11.8 Å². The Kier molecular flexibility index (Phi) is 3.93. The smallest absolute Gasteiger partial charge is 0.191 e. The highest BCUT2D eigenvalue weighted by Gasteiger charge is 2.30. The van der Waals surface area contributed by atoms with Gasteiger partial charge in [0.2, 0.25) is 0 Å². The zero-order valence-electron chi connectivity index (χ0n) is 11.3. The molecule has 0 atom stereocenters. The average Bonchev–Trinajstić information content (AvgIpc) is 3.21. The van der Waals surface area contributed by atoms with Crippen LogP contribution in [0.25, 0.3) is 11.4 Å². The summed E-state index contributed by atoms with van der Waals surface area (Å²) < 4.78 is 7.22. The van der Waals surface area contributed by atoms with E-state index in [-0.39, 0.29) is 5.75 Å². The van der Waals surface area contributed by atoms with Gasteiger partial charge in [0.1, 0.15) is 5.75 Å². The van der Waals surface area contributed by atoms with E-state index in [2.05, 4.69) is 14.8 Å². The number of para-hydroxylation sites is 1. The van der Waals surface area contributed by atoms with Gasteiger partial charge >= 0.3 is 0 Å². The lowest BCUT2D eigenvalue weighted by Crippen LogP contribution is -2.01. The number of nitrogens with zero attached hydrogens (tertiary/aromatic N) is 3. The number of phenols is 1. The van der Waals surface area contributed by atoms with Crippen LogP contribution in [-0.4, -0.2) is 39.3 Å². The third-order valence-corrected chi connectivity index (χ3v) is 4.15. The number of aromatic nitrogens is 3. The first-order valence-corrected chi connectivity index (χ1v) is 7.65. The molecule has 2 aromatic rings. The van der Waals surface area contributed by atoms with Gasteiger partial charge in [-0.25, -0.2) is 0 Å². The zero-order chi connectivity index (χ0) is 13.9. The average molecular weight is 291 g/mol. The van der Waals surface area contributed by atoms with Crippen molar-refractivity contribution in [3.05, 3.63) is 24.3 Å². The third-order valence-electron chi connectivity index (χ3n) is 3.24. The quantitative estimate of drug-likeness (QED) is 0.655. The molecule has 0 bridgehead atoms. The van der Waals surface area contributed by atoms with E-state index >= 15 is 0 Å². The summed E-state index contributed by atoms with van der Waals surface area (Å²) in [5, 5.41) is 19.5. The maximum Gasteiger partial charge on any atom is 0.191 e. The van der Waals surface area contributed by atoms with E-state index in [1.165, 1.54) is 0 Å². The first-order chi connectivity index (χ1) is 9.81. The summed E-state index contributed by atoms with van der Waals surface area (Å²) in [6, 6.07) is 7.73. The molecule has 1 aliphatic rings. The fourth-order valence-electron chi connectivity index (χ4n) is 2.10. The van der Waals surface area contributed by atoms with Crippen molar-refractivity contribution < 1.29 is 9.84 Å². The van der Waals surface area contributed by atoms with Gasteiger partial charge in [0.05, 0.1) is 12.2 Å². The number of hydrogen-bond acceptors (Lipinski definition) is 5. The van der Waals surface area contributed by atoms with Crippen LogP contribution in [0.15, 0.2) is 29.4 Å². The topological polar surface area (TPSA) is 60.2 Å². The van der Waals surface area contributed by atoms with Gasteiger partial charge in [-0.3, -0.25) is 4.57 Å². The minimum absolute atomic E-state index is 0.246. The third kappa shape index (κ3) is 2.66. The van der Waals surface area contributed by atoms with Gasteiger partial charge in [0.15, 0.2) is 11.0 Å². The fraction of sp³-hybridized carbons (Fsp3) is 0.429. The Morgan fingerprint density at radius 2 is 2.15 bits per heavy atom. The minimum atomic E-state index is 0.246. The van der Waals surface area contributed by atoms with Crippen LogP contribution in [0.3, 0.4) is 0 Å². The van der Waals surface area contributed by atoms with E-state index in [1.807, 2.05) is 18.2 Å². The highest BCUT2D eigenvalue weighted by molar-refractivity contribution is 7.99. The van der Waals surface area contributed by atoms with Crippen molar-refractivity contribution >= 4 is 11.8 Å². The number of ether oxygens (including phenoxy) is 1. The SMILES string of the molecule is COCCSc1nnc(-c2ccccc2O)n1C1CC1. The summed E-state index contributed by atoms with van der Waals surface area (Å²) in [5.41, 5.74) is 0.741. The van der Waals surface area contributed by atoms with Crippen LogP contribution in [-0.2, 0) is 4.74 Å². The van der Waals surface area contributed by atoms with Gasteiger partial charge in [-0.1, -0.05) is 23.9 Å². The van der Waals surface area contributed by atoms with E-state index in [0.717, 1.165) is 35.1 Å². The zero-order valence-corrected chi connectivity index (χ0v) is 12.1. The Morgan fingerprint density at radius 3 is 2.85 bits per heavy atom. The van der Waals surface area contributed by atoms with Gasteiger partial charge in [0.25, 0.3) is 0 Å². The molecule has 1 heterocycles. The predicted octanol–water partition coefficient (Wildman–Crippen LogP) is 2.72. The second-order valence-electron chi connectivity index (χ2n) is 4.77. The van der Waals surface area contributed by atoms with Gasteiger partial charge in [-0.2, -0.15) is 0 Å². The summed E-state index contributed by atoms with van der Waals surface area (Å²) in [4.78, 5) is 0. The molecular formula is C14H17N3O2S.